The molecule has 4 rings (SSSR count). The first kappa shape index (κ1) is 18.1. The fourth-order valence-electron chi connectivity index (χ4n) is 3.13. The molecule has 5 nitrogen and oxygen atoms in total. The molecule has 0 saturated heterocycles. The molecule has 0 aliphatic rings. The summed E-state index contributed by atoms with van der Waals surface area (Å²) in [5.74, 6) is 1.29. The summed E-state index contributed by atoms with van der Waals surface area (Å²) >= 11 is 6.00. The van der Waals surface area contributed by atoms with Gasteiger partial charge in [-0.05, 0) is 42.5 Å². The highest BCUT2D eigenvalue weighted by Crippen LogP contribution is 2.27. The molecule has 1 heterocycles. The Kier molecular flexibility index (Phi) is 5.00. The third-order valence-electron chi connectivity index (χ3n) is 4.39. The highest BCUT2D eigenvalue weighted by atomic mass is 35.5. The second-order valence-corrected chi connectivity index (χ2v) is 6.74. The molecule has 0 aliphatic carbocycles. The summed E-state index contributed by atoms with van der Waals surface area (Å²) in [6, 6.07) is 22.5. The third-order valence-corrected chi connectivity index (χ3v) is 4.63. The fourth-order valence-corrected chi connectivity index (χ4v) is 3.32. The average molecular weight is 392 g/mol. The smallest absolute Gasteiger partial charge is 0.244 e. The topological polar surface area (TPSA) is 56.2 Å². The van der Waals surface area contributed by atoms with Gasteiger partial charge in [0.2, 0.25) is 5.91 Å². The first-order chi connectivity index (χ1) is 13.6. The van der Waals surface area contributed by atoms with Crippen molar-refractivity contribution in [3.63, 3.8) is 0 Å². The summed E-state index contributed by atoms with van der Waals surface area (Å²) in [4.78, 5) is 17.5. The fraction of sp³-hybridized carbons (Fsp3) is 0.0909. The summed E-state index contributed by atoms with van der Waals surface area (Å²) in [7, 11) is 1.63. The van der Waals surface area contributed by atoms with Gasteiger partial charge in [0.05, 0.1) is 18.1 Å². The Balaban J connectivity index is 1.71. The van der Waals surface area contributed by atoms with E-state index in [1.807, 2.05) is 53.1 Å². The number of benzene rings is 3. The van der Waals surface area contributed by atoms with Crippen molar-refractivity contribution in [3.05, 3.63) is 77.8 Å². The maximum atomic E-state index is 12.7. The zero-order chi connectivity index (χ0) is 19.5. The zero-order valence-electron chi connectivity index (χ0n) is 15.2. The number of amides is 1. The van der Waals surface area contributed by atoms with E-state index in [4.69, 9.17) is 21.3 Å². The molecule has 140 valence electrons. The van der Waals surface area contributed by atoms with Crippen LogP contribution < -0.4 is 10.1 Å². The molecule has 0 radical (unpaired) electrons. The van der Waals surface area contributed by atoms with Crippen LogP contribution in [0.2, 0.25) is 5.02 Å². The summed E-state index contributed by atoms with van der Waals surface area (Å²) < 4.78 is 7.24. The van der Waals surface area contributed by atoms with Crippen LogP contribution in [-0.2, 0) is 11.3 Å². The summed E-state index contributed by atoms with van der Waals surface area (Å²) in [5.41, 5.74) is 3.26. The van der Waals surface area contributed by atoms with Crippen molar-refractivity contribution in [2.45, 2.75) is 6.54 Å². The summed E-state index contributed by atoms with van der Waals surface area (Å²) in [5, 5.41) is 3.46. The Morgan fingerprint density at radius 1 is 1.07 bits per heavy atom. The third kappa shape index (κ3) is 3.70. The number of carbonyl (C=O) groups excluding carboxylic acids is 1. The molecule has 1 N–H and O–H groups in total. The molecule has 1 amide bonds. The number of fused-ring (bicyclic) bond motifs is 1. The minimum Gasteiger partial charge on any atom is -0.497 e. The lowest BCUT2D eigenvalue weighted by Crippen LogP contribution is -2.19. The Hall–Kier alpha value is -3.31. The molecule has 0 fully saturated rings. The van der Waals surface area contributed by atoms with Crippen LogP contribution in [0.4, 0.5) is 5.69 Å². The van der Waals surface area contributed by atoms with Crippen LogP contribution in [0.5, 0.6) is 5.75 Å². The second-order valence-electron chi connectivity index (χ2n) is 6.30. The minimum atomic E-state index is -0.158. The van der Waals surface area contributed by atoms with Crippen molar-refractivity contribution < 1.29 is 9.53 Å². The number of nitrogens with zero attached hydrogens (tertiary/aromatic N) is 2. The highest BCUT2D eigenvalue weighted by Gasteiger charge is 2.16. The average Bonchev–Trinajstić information content (AvgIpc) is 3.06. The van der Waals surface area contributed by atoms with Crippen LogP contribution >= 0.6 is 11.6 Å². The quantitative estimate of drug-likeness (QED) is 0.520. The first-order valence-corrected chi connectivity index (χ1v) is 9.17. The molecule has 0 saturated carbocycles. The van der Waals surface area contributed by atoms with E-state index >= 15 is 0 Å². The van der Waals surface area contributed by atoms with Crippen molar-refractivity contribution in [2.24, 2.45) is 0 Å². The number of aromatic nitrogens is 2. The molecular weight excluding hydrogens is 374 g/mol. The standard InChI is InChI=1S/C22H18ClN3O2/c1-28-18-9-4-6-15(12-18)22-25-19-10-2-3-11-20(19)26(22)14-21(27)24-17-8-5-7-16(23)13-17/h2-13H,14H2,1H3,(H,24,27). The molecule has 0 bridgehead atoms. The minimum absolute atomic E-state index is 0.125. The van der Waals surface area contributed by atoms with Crippen LogP contribution in [0.3, 0.4) is 0 Å². The molecule has 0 unspecified atom stereocenters. The largest absolute Gasteiger partial charge is 0.497 e. The van der Waals surface area contributed by atoms with Gasteiger partial charge in [-0.2, -0.15) is 0 Å². The highest BCUT2D eigenvalue weighted by molar-refractivity contribution is 6.30. The van der Waals surface area contributed by atoms with Crippen LogP contribution in [0.1, 0.15) is 0 Å². The van der Waals surface area contributed by atoms with Crippen molar-refractivity contribution in [1.29, 1.82) is 0 Å². The number of ether oxygens (including phenoxy) is 1. The predicted molar refractivity (Wildman–Crippen MR) is 112 cm³/mol. The molecule has 4 aromatic rings. The maximum Gasteiger partial charge on any atom is 0.244 e. The van der Waals surface area contributed by atoms with Crippen molar-refractivity contribution in [2.75, 3.05) is 12.4 Å². The number of anilines is 1. The van der Waals surface area contributed by atoms with Gasteiger partial charge in [0.25, 0.3) is 0 Å². The van der Waals surface area contributed by atoms with Gasteiger partial charge in [0.1, 0.15) is 18.1 Å². The lowest BCUT2D eigenvalue weighted by molar-refractivity contribution is -0.116. The molecule has 0 aliphatic heterocycles. The number of carbonyl (C=O) groups is 1. The van der Waals surface area contributed by atoms with E-state index in [-0.39, 0.29) is 12.5 Å². The van der Waals surface area contributed by atoms with E-state index in [0.29, 0.717) is 16.5 Å². The molecular formula is C22H18ClN3O2. The van der Waals surface area contributed by atoms with Gasteiger partial charge < -0.3 is 14.6 Å². The van der Waals surface area contributed by atoms with Gasteiger partial charge in [-0.15, -0.1) is 0 Å². The summed E-state index contributed by atoms with van der Waals surface area (Å²) in [6.07, 6.45) is 0. The van der Waals surface area contributed by atoms with Crippen molar-refractivity contribution in [1.82, 2.24) is 9.55 Å². The van der Waals surface area contributed by atoms with E-state index < -0.39 is 0 Å². The van der Waals surface area contributed by atoms with E-state index in [1.165, 1.54) is 0 Å². The number of hydrogen-bond donors (Lipinski definition) is 1. The van der Waals surface area contributed by atoms with Gasteiger partial charge in [-0.25, -0.2) is 4.98 Å². The molecule has 0 spiro atoms. The van der Waals surface area contributed by atoms with Gasteiger partial charge in [0, 0.05) is 16.3 Å². The normalized spacial score (nSPS) is 10.8. The van der Waals surface area contributed by atoms with E-state index in [1.54, 1.807) is 31.4 Å². The van der Waals surface area contributed by atoms with Crippen molar-refractivity contribution >= 4 is 34.2 Å². The number of imidazole rings is 1. The van der Waals surface area contributed by atoms with Crippen LogP contribution in [0.25, 0.3) is 22.4 Å². The molecule has 0 atom stereocenters. The van der Waals surface area contributed by atoms with Gasteiger partial charge >= 0.3 is 0 Å². The van der Waals surface area contributed by atoms with Gasteiger partial charge in [0.15, 0.2) is 0 Å². The predicted octanol–water partition coefficient (Wildman–Crippen LogP) is 5.00. The number of halogens is 1. The number of para-hydroxylation sites is 2. The second kappa shape index (κ2) is 7.74. The lowest BCUT2D eigenvalue weighted by atomic mass is 10.2. The molecule has 1 aromatic heterocycles. The van der Waals surface area contributed by atoms with Gasteiger partial charge in [-0.3, -0.25) is 4.79 Å². The number of hydrogen-bond acceptors (Lipinski definition) is 3. The molecule has 3 aromatic carbocycles. The zero-order valence-corrected chi connectivity index (χ0v) is 16.0. The molecule has 6 heteroatoms. The Labute approximate surface area is 167 Å². The Morgan fingerprint density at radius 2 is 1.89 bits per heavy atom. The lowest BCUT2D eigenvalue weighted by Gasteiger charge is -2.11. The van der Waals surface area contributed by atoms with E-state index in [0.717, 1.165) is 22.3 Å². The molecule has 28 heavy (non-hydrogen) atoms. The monoisotopic (exact) mass is 391 g/mol. The van der Waals surface area contributed by atoms with Crippen LogP contribution in [0.15, 0.2) is 72.8 Å². The number of nitrogens with one attached hydrogen (secondary N) is 1. The summed E-state index contributed by atoms with van der Waals surface area (Å²) in [6.45, 7) is 0.125. The Morgan fingerprint density at radius 3 is 2.71 bits per heavy atom. The Bertz CT molecular complexity index is 1150. The maximum absolute atomic E-state index is 12.7. The SMILES string of the molecule is COc1cccc(-c2nc3ccccc3n2CC(=O)Nc2cccc(Cl)c2)c1. The van der Waals surface area contributed by atoms with Gasteiger partial charge in [-0.1, -0.05) is 41.9 Å². The van der Waals surface area contributed by atoms with E-state index in [9.17, 15) is 4.79 Å². The first-order valence-electron chi connectivity index (χ1n) is 8.79. The van der Waals surface area contributed by atoms with Crippen LogP contribution in [0, 0.1) is 0 Å². The van der Waals surface area contributed by atoms with E-state index in [2.05, 4.69) is 5.32 Å². The number of rotatable bonds is 5. The van der Waals surface area contributed by atoms with Crippen molar-refractivity contribution in [3.8, 4) is 17.1 Å². The van der Waals surface area contributed by atoms with Crippen LogP contribution in [-0.4, -0.2) is 22.6 Å². The number of methoxy groups -OCH3 is 1.